The smallest absolute Gasteiger partial charge is 0.131 e. The molecule has 2 rings (SSSR count). The summed E-state index contributed by atoms with van der Waals surface area (Å²) >= 11 is 0. The lowest BCUT2D eigenvalue weighted by Crippen LogP contribution is -2.41. The summed E-state index contributed by atoms with van der Waals surface area (Å²) in [6, 6.07) is 1.77. The maximum atomic E-state index is 5.55. The van der Waals surface area contributed by atoms with Gasteiger partial charge in [0.1, 0.15) is 18.0 Å². The molecule has 0 amide bonds. The van der Waals surface area contributed by atoms with Crippen LogP contribution in [0.4, 0.5) is 11.6 Å². The third-order valence-electron chi connectivity index (χ3n) is 2.58. The van der Waals surface area contributed by atoms with Gasteiger partial charge in [0.25, 0.3) is 0 Å². The summed E-state index contributed by atoms with van der Waals surface area (Å²) in [5, 5.41) is 3.36. The lowest BCUT2D eigenvalue weighted by Gasteiger charge is -2.39. The van der Waals surface area contributed by atoms with Crippen LogP contribution in [0.1, 0.15) is 26.2 Å². The van der Waals surface area contributed by atoms with Crippen molar-refractivity contribution in [1.29, 1.82) is 0 Å². The van der Waals surface area contributed by atoms with E-state index in [1.54, 1.807) is 6.07 Å². The monoisotopic (exact) mass is 178 g/mol. The minimum Gasteiger partial charge on any atom is -0.384 e. The number of nitrogens with zero attached hydrogens (tertiary/aromatic N) is 2. The van der Waals surface area contributed by atoms with Gasteiger partial charge in [0.15, 0.2) is 0 Å². The average Bonchev–Trinajstić information content (AvgIpc) is 2.01. The quantitative estimate of drug-likeness (QED) is 0.718. The molecular weight excluding hydrogens is 164 g/mol. The van der Waals surface area contributed by atoms with Gasteiger partial charge in [-0.05, 0) is 26.2 Å². The number of aromatic nitrogens is 2. The van der Waals surface area contributed by atoms with Gasteiger partial charge >= 0.3 is 0 Å². The number of hydrogen-bond donors (Lipinski definition) is 2. The highest BCUT2D eigenvalue weighted by Crippen LogP contribution is 2.34. The highest BCUT2D eigenvalue weighted by molar-refractivity contribution is 5.45. The van der Waals surface area contributed by atoms with E-state index in [9.17, 15) is 0 Å². The van der Waals surface area contributed by atoms with Crippen LogP contribution >= 0.6 is 0 Å². The maximum absolute atomic E-state index is 5.55. The van der Waals surface area contributed by atoms with Crippen LogP contribution in [0.3, 0.4) is 0 Å². The van der Waals surface area contributed by atoms with Crippen molar-refractivity contribution in [1.82, 2.24) is 9.97 Å². The van der Waals surface area contributed by atoms with Crippen LogP contribution < -0.4 is 11.1 Å². The summed E-state index contributed by atoms with van der Waals surface area (Å²) < 4.78 is 0. The number of hydrogen-bond acceptors (Lipinski definition) is 4. The van der Waals surface area contributed by atoms with Crippen molar-refractivity contribution in [2.75, 3.05) is 11.1 Å². The molecule has 0 bridgehead atoms. The van der Waals surface area contributed by atoms with Gasteiger partial charge in [0.05, 0.1) is 0 Å². The molecule has 0 aromatic carbocycles. The minimum absolute atomic E-state index is 0.223. The summed E-state index contributed by atoms with van der Waals surface area (Å²) in [4.78, 5) is 7.94. The molecule has 4 heteroatoms. The fraction of sp³-hybridized carbons (Fsp3) is 0.556. The zero-order valence-corrected chi connectivity index (χ0v) is 7.75. The van der Waals surface area contributed by atoms with E-state index in [-0.39, 0.29) is 5.54 Å². The summed E-state index contributed by atoms with van der Waals surface area (Å²) in [7, 11) is 0. The van der Waals surface area contributed by atoms with Gasteiger partial charge in [-0.1, -0.05) is 0 Å². The van der Waals surface area contributed by atoms with E-state index >= 15 is 0 Å². The molecule has 0 aliphatic heterocycles. The fourth-order valence-corrected chi connectivity index (χ4v) is 1.58. The highest BCUT2D eigenvalue weighted by Gasteiger charge is 2.31. The molecule has 0 radical (unpaired) electrons. The predicted molar refractivity (Wildman–Crippen MR) is 52.3 cm³/mol. The van der Waals surface area contributed by atoms with E-state index in [0.29, 0.717) is 5.82 Å². The number of rotatable bonds is 2. The van der Waals surface area contributed by atoms with Gasteiger partial charge in [0, 0.05) is 11.6 Å². The van der Waals surface area contributed by atoms with Crippen molar-refractivity contribution in [2.45, 2.75) is 31.7 Å². The molecule has 13 heavy (non-hydrogen) atoms. The maximum Gasteiger partial charge on any atom is 0.131 e. The zero-order chi connectivity index (χ0) is 9.31. The molecule has 0 atom stereocenters. The van der Waals surface area contributed by atoms with E-state index in [0.717, 1.165) is 5.82 Å². The predicted octanol–water partition coefficient (Wildman–Crippen LogP) is 1.41. The zero-order valence-electron chi connectivity index (χ0n) is 7.75. The number of anilines is 2. The molecule has 1 aromatic rings. The molecule has 1 aliphatic rings. The van der Waals surface area contributed by atoms with E-state index in [2.05, 4.69) is 22.2 Å². The van der Waals surface area contributed by atoms with Gasteiger partial charge < -0.3 is 11.1 Å². The summed E-state index contributed by atoms with van der Waals surface area (Å²) in [6.45, 7) is 2.20. The first-order valence-corrected chi connectivity index (χ1v) is 4.54. The normalized spacial score (nSPS) is 19.2. The van der Waals surface area contributed by atoms with Gasteiger partial charge in [-0.15, -0.1) is 0 Å². The van der Waals surface area contributed by atoms with E-state index < -0.39 is 0 Å². The van der Waals surface area contributed by atoms with Crippen molar-refractivity contribution < 1.29 is 0 Å². The Bertz CT molecular complexity index is 306. The molecule has 1 aromatic heterocycles. The number of nitrogens with one attached hydrogen (secondary N) is 1. The molecule has 1 aliphatic carbocycles. The molecule has 1 saturated carbocycles. The topological polar surface area (TPSA) is 63.8 Å². The van der Waals surface area contributed by atoms with Crippen LogP contribution in [0.15, 0.2) is 12.4 Å². The van der Waals surface area contributed by atoms with E-state index in [1.807, 2.05) is 0 Å². The minimum atomic E-state index is 0.223. The summed E-state index contributed by atoms with van der Waals surface area (Å²) in [6.07, 6.45) is 5.19. The molecule has 0 unspecified atom stereocenters. The Labute approximate surface area is 77.6 Å². The molecule has 0 saturated heterocycles. The molecule has 70 valence electrons. The van der Waals surface area contributed by atoms with Gasteiger partial charge in [-0.2, -0.15) is 0 Å². The Morgan fingerprint density at radius 1 is 1.46 bits per heavy atom. The summed E-state index contributed by atoms with van der Waals surface area (Å²) in [5.41, 5.74) is 5.77. The first kappa shape index (κ1) is 8.29. The van der Waals surface area contributed by atoms with E-state index in [1.165, 1.54) is 25.6 Å². The van der Waals surface area contributed by atoms with E-state index in [4.69, 9.17) is 5.73 Å². The highest BCUT2D eigenvalue weighted by atomic mass is 15.1. The lowest BCUT2D eigenvalue weighted by molar-refractivity contribution is 0.306. The van der Waals surface area contributed by atoms with Crippen molar-refractivity contribution in [3.63, 3.8) is 0 Å². The first-order valence-electron chi connectivity index (χ1n) is 4.54. The average molecular weight is 178 g/mol. The van der Waals surface area contributed by atoms with Crippen LogP contribution in [-0.2, 0) is 0 Å². The van der Waals surface area contributed by atoms with Crippen molar-refractivity contribution in [3.8, 4) is 0 Å². The molecule has 4 nitrogen and oxygen atoms in total. The van der Waals surface area contributed by atoms with Crippen LogP contribution in [0, 0.1) is 0 Å². The SMILES string of the molecule is CC1(Nc2cc(N)ncn2)CCC1. The van der Waals surface area contributed by atoms with Gasteiger partial charge in [0.2, 0.25) is 0 Å². The largest absolute Gasteiger partial charge is 0.384 e. The third kappa shape index (κ3) is 1.71. The Hall–Kier alpha value is -1.32. The molecule has 1 fully saturated rings. The second-order valence-corrected chi connectivity index (χ2v) is 3.87. The second kappa shape index (κ2) is 2.87. The van der Waals surface area contributed by atoms with Crippen molar-refractivity contribution in [2.24, 2.45) is 0 Å². The lowest BCUT2D eigenvalue weighted by atomic mass is 9.78. The fourth-order valence-electron chi connectivity index (χ4n) is 1.58. The molecule has 1 heterocycles. The van der Waals surface area contributed by atoms with Crippen LogP contribution in [0.2, 0.25) is 0 Å². The Morgan fingerprint density at radius 3 is 2.77 bits per heavy atom. The van der Waals surface area contributed by atoms with Crippen molar-refractivity contribution in [3.05, 3.63) is 12.4 Å². The van der Waals surface area contributed by atoms with Gasteiger partial charge in [-0.25, -0.2) is 9.97 Å². The van der Waals surface area contributed by atoms with Gasteiger partial charge in [-0.3, -0.25) is 0 Å². The molecule has 0 spiro atoms. The second-order valence-electron chi connectivity index (χ2n) is 3.87. The molecule has 3 N–H and O–H groups in total. The van der Waals surface area contributed by atoms with Crippen LogP contribution in [0.25, 0.3) is 0 Å². The third-order valence-corrected chi connectivity index (χ3v) is 2.58. The number of nitrogens with two attached hydrogens (primary N) is 1. The molecular formula is C9H14N4. The summed E-state index contributed by atoms with van der Waals surface area (Å²) in [5.74, 6) is 1.34. The van der Waals surface area contributed by atoms with Crippen LogP contribution in [0.5, 0.6) is 0 Å². The number of nitrogen functional groups attached to an aromatic ring is 1. The first-order chi connectivity index (χ1) is 6.18. The van der Waals surface area contributed by atoms with Crippen molar-refractivity contribution >= 4 is 11.6 Å². The standard InChI is InChI=1S/C9H14N4/c1-9(3-2-4-9)13-8-5-7(10)11-6-12-8/h5-6H,2-4H2,1H3,(H3,10,11,12,13). The Kier molecular flexibility index (Phi) is 1.83. The Balaban J connectivity index is 2.09. The van der Waals surface area contributed by atoms with Crippen LogP contribution in [-0.4, -0.2) is 15.5 Å². The Morgan fingerprint density at radius 2 is 2.23 bits per heavy atom.